The van der Waals surface area contributed by atoms with Gasteiger partial charge in [0.25, 0.3) is 0 Å². The van der Waals surface area contributed by atoms with Crippen LogP contribution in [0.25, 0.3) is 0 Å². The third-order valence-corrected chi connectivity index (χ3v) is 4.51. The molecule has 2 rings (SSSR count). The number of piperidine rings is 1. The zero-order valence-electron chi connectivity index (χ0n) is 13.0. The average molecular weight is 276 g/mol. The summed E-state index contributed by atoms with van der Waals surface area (Å²) in [6, 6.07) is 6.99. The molecule has 1 saturated heterocycles. The predicted molar refractivity (Wildman–Crippen MR) is 83.5 cm³/mol. The number of hydrogen-bond donors (Lipinski definition) is 1. The van der Waals surface area contributed by atoms with Crippen LogP contribution < -0.4 is 5.73 Å². The topological polar surface area (TPSA) is 45.4 Å². The van der Waals surface area contributed by atoms with E-state index >= 15 is 0 Å². The molecule has 4 heteroatoms. The number of hydrogen-bond acceptors (Lipinski definition) is 4. The first-order chi connectivity index (χ1) is 9.63. The van der Waals surface area contributed by atoms with E-state index in [2.05, 4.69) is 41.7 Å². The Labute approximate surface area is 123 Å². The van der Waals surface area contributed by atoms with Gasteiger partial charge in [-0.05, 0) is 58.6 Å². The van der Waals surface area contributed by atoms with Gasteiger partial charge in [0.2, 0.25) is 0 Å². The van der Waals surface area contributed by atoms with Crippen molar-refractivity contribution in [3.8, 4) is 0 Å². The molecule has 2 heterocycles. The Balaban J connectivity index is 2.07. The predicted octanol–water partition coefficient (Wildman–Crippen LogP) is 1.89. The Morgan fingerprint density at radius 3 is 2.60 bits per heavy atom. The summed E-state index contributed by atoms with van der Waals surface area (Å²) in [5.41, 5.74) is 7.32. The lowest BCUT2D eigenvalue weighted by Crippen LogP contribution is -2.48. The first-order valence-electron chi connectivity index (χ1n) is 7.74. The molecule has 20 heavy (non-hydrogen) atoms. The quantitative estimate of drug-likeness (QED) is 0.892. The van der Waals surface area contributed by atoms with Gasteiger partial charge in [0, 0.05) is 18.3 Å². The van der Waals surface area contributed by atoms with Crippen LogP contribution in [0.1, 0.15) is 38.4 Å². The molecule has 112 valence electrons. The highest BCUT2D eigenvalue weighted by molar-refractivity contribution is 5.11. The summed E-state index contributed by atoms with van der Waals surface area (Å²) in [6.45, 7) is 7.87. The molecule has 2 unspecified atom stereocenters. The molecule has 0 spiro atoms. The van der Waals surface area contributed by atoms with Gasteiger partial charge in [-0.1, -0.05) is 13.0 Å². The van der Waals surface area contributed by atoms with Gasteiger partial charge in [-0.2, -0.15) is 0 Å². The van der Waals surface area contributed by atoms with Gasteiger partial charge in [-0.25, -0.2) is 0 Å². The summed E-state index contributed by atoms with van der Waals surface area (Å²) in [5, 5.41) is 0. The Bertz CT molecular complexity index is 385. The fourth-order valence-corrected chi connectivity index (χ4v) is 3.27. The normalized spacial score (nSPS) is 21.1. The molecule has 1 aromatic rings. The van der Waals surface area contributed by atoms with E-state index in [4.69, 9.17) is 5.73 Å². The second-order valence-electron chi connectivity index (χ2n) is 5.89. The van der Waals surface area contributed by atoms with Crippen molar-refractivity contribution in [2.45, 2.75) is 44.8 Å². The van der Waals surface area contributed by atoms with Crippen molar-refractivity contribution in [3.63, 3.8) is 0 Å². The molecule has 0 aliphatic carbocycles. The van der Waals surface area contributed by atoms with Gasteiger partial charge in [-0.3, -0.25) is 9.88 Å². The minimum atomic E-state index is 0.0825. The summed E-state index contributed by atoms with van der Waals surface area (Å²) >= 11 is 0. The Morgan fingerprint density at radius 2 is 2.10 bits per heavy atom. The first kappa shape index (κ1) is 15.4. The number of nitrogens with two attached hydrogens (primary N) is 1. The van der Waals surface area contributed by atoms with Gasteiger partial charge < -0.3 is 10.6 Å². The maximum absolute atomic E-state index is 6.24. The van der Waals surface area contributed by atoms with E-state index in [-0.39, 0.29) is 12.1 Å². The van der Waals surface area contributed by atoms with Crippen LogP contribution in [0.15, 0.2) is 24.4 Å². The molecule has 4 nitrogen and oxygen atoms in total. The van der Waals surface area contributed by atoms with E-state index in [9.17, 15) is 0 Å². The SMILES string of the molecule is CCN1CCC(N(C)C(c2ccccn2)C(C)N)CC1. The van der Waals surface area contributed by atoms with Gasteiger partial charge in [0.05, 0.1) is 11.7 Å². The molecule has 1 aliphatic heterocycles. The Hall–Kier alpha value is -0.970. The van der Waals surface area contributed by atoms with Crippen molar-refractivity contribution < 1.29 is 0 Å². The fourth-order valence-electron chi connectivity index (χ4n) is 3.27. The zero-order valence-corrected chi connectivity index (χ0v) is 13.0. The molecule has 0 amide bonds. The number of likely N-dealkylation sites (tertiary alicyclic amines) is 1. The van der Waals surface area contributed by atoms with E-state index in [1.165, 1.54) is 25.9 Å². The monoisotopic (exact) mass is 276 g/mol. The van der Waals surface area contributed by atoms with Crippen LogP contribution in [-0.2, 0) is 0 Å². The summed E-state index contributed by atoms with van der Waals surface area (Å²) in [4.78, 5) is 9.48. The highest BCUT2D eigenvalue weighted by atomic mass is 15.2. The molecule has 1 fully saturated rings. The van der Waals surface area contributed by atoms with Crippen molar-refractivity contribution in [1.82, 2.24) is 14.8 Å². The van der Waals surface area contributed by atoms with Crippen LogP contribution in [0.5, 0.6) is 0 Å². The molecule has 0 bridgehead atoms. The molecule has 0 saturated carbocycles. The average Bonchev–Trinajstić information content (AvgIpc) is 2.48. The van der Waals surface area contributed by atoms with E-state index in [1.54, 1.807) is 0 Å². The summed E-state index contributed by atoms with van der Waals surface area (Å²) in [7, 11) is 2.20. The fraction of sp³-hybridized carbons (Fsp3) is 0.688. The van der Waals surface area contributed by atoms with Crippen molar-refractivity contribution in [2.24, 2.45) is 5.73 Å². The zero-order chi connectivity index (χ0) is 14.5. The van der Waals surface area contributed by atoms with E-state index in [0.29, 0.717) is 6.04 Å². The van der Waals surface area contributed by atoms with Crippen molar-refractivity contribution in [1.29, 1.82) is 0 Å². The number of rotatable bonds is 5. The summed E-state index contributed by atoms with van der Waals surface area (Å²) in [6.07, 6.45) is 4.30. The first-order valence-corrected chi connectivity index (χ1v) is 7.74. The number of pyridine rings is 1. The van der Waals surface area contributed by atoms with Crippen LogP contribution >= 0.6 is 0 Å². The van der Waals surface area contributed by atoms with Crippen molar-refractivity contribution in [2.75, 3.05) is 26.7 Å². The smallest absolute Gasteiger partial charge is 0.0670 e. The second-order valence-corrected chi connectivity index (χ2v) is 5.89. The lowest BCUT2D eigenvalue weighted by molar-refractivity contribution is 0.0879. The minimum Gasteiger partial charge on any atom is -0.326 e. The van der Waals surface area contributed by atoms with E-state index in [0.717, 1.165) is 12.2 Å². The highest BCUT2D eigenvalue weighted by Gasteiger charge is 2.30. The Kier molecular flexibility index (Phi) is 5.52. The molecule has 0 aromatic carbocycles. The lowest BCUT2D eigenvalue weighted by Gasteiger charge is -2.41. The van der Waals surface area contributed by atoms with Gasteiger partial charge in [0.1, 0.15) is 0 Å². The van der Waals surface area contributed by atoms with Crippen LogP contribution in [0.2, 0.25) is 0 Å². The largest absolute Gasteiger partial charge is 0.326 e. The third-order valence-electron chi connectivity index (χ3n) is 4.51. The molecular formula is C16H28N4. The third kappa shape index (κ3) is 3.57. The van der Waals surface area contributed by atoms with Crippen LogP contribution in [0.3, 0.4) is 0 Å². The van der Waals surface area contributed by atoms with Crippen LogP contribution in [-0.4, -0.2) is 53.5 Å². The maximum Gasteiger partial charge on any atom is 0.0670 e. The molecular weight excluding hydrogens is 248 g/mol. The molecule has 2 N–H and O–H groups in total. The van der Waals surface area contributed by atoms with Gasteiger partial charge >= 0.3 is 0 Å². The standard InChI is InChI=1S/C16H28N4/c1-4-20-11-8-14(9-12-20)19(3)16(13(2)17)15-7-5-6-10-18-15/h5-7,10,13-14,16H,4,8-9,11-12,17H2,1-3H3. The maximum atomic E-state index is 6.24. The lowest BCUT2D eigenvalue weighted by atomic mass is 9.97. The molecule has 1 aliphatic rings. The van der Waals surface area contributed by atoms with E-state index < -0.39 is 0 Å². The second kappa shape index (κ2) is 7.16. The Morgan fingerprint density at radius 1 is 1.40 bits per heavy atom. The summed E-state index contributed by atoms with van der Waals surface area (Å²) < 4.78 is 0. The van der Waals surface area contributed by atoms with Crippen LogP contribution in [0.4, 0.5) is 0 Å². The molecule has 2 atom stereocenters. The minimum absolute atomic E-state index is 0.0825. The van der Waals surface area contributed by atoms with E-state index in [1.807, 2.05) is 18.3 Å². The molecule has 0 radical (unpaired) electrons. The van der Waals surface area contributed by atoms with Gasteiger partial charge in [0.15, 0.2) is 0 Å². The number of nitrogens with zero attached hydrogens (tertiary/aromatic N) is 3. The summed E-state index contributed by atoms with van der Waals surface area (Å²) in [5.74, 6) is 0. The highest BCUT2D eigenvalue weighted by Crippen LogP contribution is 2.26. The number of aromatic nitrogens is 1. The molecule has 1 aromatic heterocycles. The van der Waals surface area contributed by atoms with Crippen LogP contribution in [0, 0.1) is 0 Å². The van der Waals surface area contributed by atoms with Crippen molar-refractivity contribution >= 4 is 0 Å². The van der Waals surface area contributed by atoms with Gasteiger partial charge in [-0.15, -0.1) is 0 Å². The number of likely N-dealkylation sites (N-methyl/N-ethyl adjacent to an activating group) is 1. The van der Waals surface area contributed by atoms with Crippen molar-refractivity contribution in [3.05, 3.63) is 30.1 Å².